The highest BCUT2D eigenvalue weighted by Gasteiger charge is 2.42. The van der Waals surface area contributed by atoms with Crippen LogP contribution in [-0.4, -0.2) is 42.3 Å². The number of hydrogen-bond acceptors (Lipinski definition) is 2. The van der Waals surface area contributed by atoms with Crippen LogP contribution >= 0.6 is 0 Å². The molecule has 4 heteroatoms. The molecule has 1 saturated heterocycles. The van der Waals surface area contributed by atoms with Crippen LogP contribution in [0.15, 0.2) is 0 Å². The van der Waals surface area contributed by atoms with Crippen LogP contribution in [0.3, 0.4) is 0 Å². The summed E-state index contributed by atoms with van der Waals surface area (Å²) in [4.78, 5) is 12.6. The molecular formula is C11H20N2O2. The van der Waals surface area contributed by atoms with E-state index >= 15 is 0 Å². The van der Waals surface area contributed by atoms with Gasteiger partial charge in [-0.1, -0.05) is 0 Å². The molecule has 0 aromatic carbocycles. The van der Waals surface area contributed by atoms with Gasteiger partial charge in [-0.05, 0) is 44.6 Å². The molecular weight excluding hydrogens is 192 g/mol. The van der Waals surface area contributed by atoms with Crippen molar-refractivity contribution in [2.75, 3.05) is 20.1 Å². The molecule has 2 atom stereocenters. The van der Waals surface area contributed by atoms with Gasteiger partial charge in [-0.3, -0.25) is 0 Å². The third-order valence-corrected chi connectivity index (χ3v) is 4.04. The Labute approximate surface area is 90.6 Å². The zero-order chi connectivity index (χ0) is 10.9. The minimum atomic E-state index is -0.748. The fraction of sp³-hybridized carbons (Fsp3) is 0.909. The highest BCUT2D eigenvalue weighted by molar-refractivity contribution is 5.65. The van der Waals surface area contributed by atoms with Crippen LogP contribution in [0.25, 0.3) is 0 Å². The normalized spacial score (nSPS) is 36.1. The summed E-state index contributed by atoms with van der Waals surface area (Å²) in [6, 6.07) is 0.596. The lowest BCUT2D eigenvalue weighted by Gasteiger charge is -2.39. The predicted octanol–water partition coefficient (Wildman–Crippen LogP) is 1.52. The van der Waals surface area contributed by atoms with Crippen LogP contribution in [0.1, 0.15) is 32.1 Å². The summed E-state index contributed by atoms with van der Waals surface area (Å²) < 4.78 is 0. The SMILES string of the molecule is CNC1CCC2(CCCN(C(=O)O)C2)C1. The van der Waals surface area contributed by atoms with Crippen molar-refractivity contribution in [3.8, 4) is 0 Å². The number of nitrogens with one attached hydrogen (secondary N) is 1. The van der Waals surface area contributed by atoms with Gasteiger partial charge in [0.2, 0.25) is 0 Å². The molecule has 2 N–H and O–H groups in total. The second kappa shape index (κ2) is 4.00. The largest absolute Gasteiger partial charge is 0.465 e. The Morgan fingerprint density at radius 2 is 2.33 bits per heavy atom. The Bertz CT molecular complexity index is 257. The quantitative estimate of drug-likeness (QED) is 0.693. The number of likely N-dealkylation sites (tertiary alicyclic amines) is 1. The van der Waals surface area contributed by atoms with Crippen molar-refractivity contribution in [2.45, 2.75) is 38.1 Å². The number of carboxylic acid groups (broad SMARTS) is 1. The van der Waals surface area contributed by atoms with Gasteiger partial charge in [-0.25, -0.2) is 4.79 Å². The van der Waals surface area contributed by atoms with Crippen LogP contribution < -0.4 is 5.32 Å². The molecule has 1 amide bonds. The van der Waals surface area contributed by atoms with Gasteiger partial charge in [0.15, 0.2) is 0 Å². The van der Waals surface area contributed by atoms with E-state index in [2.05, 4.69) is 5.32 Å². The van der Waals surface area contributed by atoms with Crippen molar-refractivity contribution < 1.29 is 9.90 Å². The molecule has 0 aromatic heterocycles. The van der Waals surface area contributed by atoms with Gasteiger partial charge >= 0.3 is 6.09 Å². The van der Waals surface area contributed by atoms with E-state index in [0.29, 0.717) is 6.04 Å². The van der Waals surface area contributed by atoms with E-state index in [1.54, 1.807) is 4.90 Å². The first-order valence-electron chi connectivity index (χ1n) is 5.80. The number of rotatable bonds is 1. The zero-order valence-electron chi connectivity index (χ0n) is 9.33. The lowest BCUT2D eigenvalue weighted by Crippen LogP contribution is -2.45. The average molecular weight is 212 g/mol. The van der Waals surface area contributed by atoms with E-state index in [9.17, 15) is 4.79 Å². The summed E-state index contributed by atoms with van der Waals surface area (Å²) in [7, 11) is 2.00. The second-order valence-electron chi connectivity index (χ2n) is 5.04. The summed E-state index contributed by atoms with van der Waals surface area (Å²) in [6.45, 7) is 1.47. The molecule has 0 radical (unpaired) electrons. The Morgan fingerprint density at radius 3 is 2.93 bits per heavy atom. The molecule has 86 valence electrons. The molecule has 4 nitrogen and oxygen atoms in total. The molecule has 1 heterocycles. The molecule has 2 aliphatic rings. The van der Waals surface area contributed by atoms with E-state index in [-0.39, 0.29) is 5.41 Å². The van der Waals surface area contributed by atoms with Crippen molar-refractivity contribution in [2.24, 2.45) is 5.41 Å². The van der Waals surface area contributed by atoms with Crippen molar-refractivity contribution in [3.63, 3.8) is 0 Å². The highest BCUT2D eigenvalue weighted by atomic mass is 16.4. The van der Waals surface area contributed by atoms with Gasteiger partial charge in [-0.2, -0.15) is 0 Å². The van der Waals surface area contributed by atoms with Gasteiger partial charge in [0.05, 0.1) is 0 Å². The highest BCUT2D eigenvalue weighted by Crippen LogP contribution is 2.44. The van der Waals surface area contributed by atoms with Crippen molar-refractivity contribution in [1.29, 1.82) is 0 Å². The van der Waals surface area contributed by atoms with Gasteiger partial charge in [0, 0.05) is 19.1 Å². The molecule has 2 unspecified atom stereocenters. The second-order valence-corrected chi connectivity index (χ2v) is 5.04. The molecule has 1 saturated carbocycles. The zero-order valence-corrected chi connectivity index (χ0v) is 9.33. The molecule has 0 bridgehead atoms. The summed E-state index contributed by atoms with van der Waals surface area (Å²) in [5.41, 5.74) is 0.282. The summed E-state index contributed by atoms with van der Waals surface area (Å²) in [5.74, 6) is 0. The van der Waals surface area contributed by atoms with Gasteiger partial charge in [0.1, 0.15) is 0 Å². The Hall–Kier alpha value is -0.770. The molecule has 2 fully saturated rings. The third kappa shape index (κ3) is 2.09. The molecule has 1 aliphatic carbocycles. The topological polar surface area (TPSA) is 52.6 Å². The first-order chi connectivity index (χ1) is 7.15. The van der Waals surface area contributed by atoms with E-state index in [1.165, 1.54) is 19.3 Å². The maximum absolute atomic E-state index is 11.0. The third-order valence-electron chi connectivity index (χ3n) is 4.04. The van der Waals surface area contributed by atoms with Crippen LogP contribution in [0, 0.1) is 5.41 Å². The minimum Gasteiger partial charge on any atom is -0.465 e. The standard InChI is InChI=1S/C11H20N2O2/c1-12-9-3-5-11(7-9)4-2-6-13(8-11)10(14)15/h9,12H,2-8H2,1H3,(H,14,15). The summed E-state index contributed by atoms with van der Waals surface area (Å²) >= 11 is 0. The number of amides is 1. The number of piperidine rings is 1. The first kappa shape index (κ1) is 10.7. The van der Waals surface area contributed by atoms with E-state index in [1.807, 2.05) is 7.05 Å². The first-order valence-corrected chi connectivity index (χ1v) is 5.80. The smallest absolute Gasteiger partial charge is 0.407 e. The lowest BCUT2D eigenvalue weighted by atomic mass is 9.78. The molecule has 1 spiro atoms. The number of nitrogens with zero attached hydrogens (tertiary/aromatic N) is 1. The van der Waals surface area contributed by atoms with Crippen molar-refractivity contribution in [3.05, 3.63) is 0 Å². The fourth-order valence-electron chi connectivity index (χ4n) is 3.20. The van der Waals surface area contributed by atoms with Crippen LogP contribution in [0.2, 0.25) is 0 Å². The van der Waals surface area contributed by atoms with E-state index < -0.39 is 6.09 Å². The maximum Gasteiger partial charge on any atom is 0.407 e. The van der Waals surface area contributed by atoms with Crippen molar-refractivity contribution >= 4 is 6.09 Å². The van der Waals surface area contributed by atoms with E-state index in [4.69, 9.17) is 5.11 Å². The Kier molecular flexibility index (Phi) is 2.87. The van der Waals surface area contributed by atoms with Gasteiger partial charge in [0.25, 0.3) is 0 Å². The monoisotopic (exact) mass is 212 g/mol. The maximum atomic E-state index is 11.0. The average Bonchev–Trinajstić information content (AvgIpc) is 2.61. The van der Waals surface area contributed by atoms with Crippen LogP contribution in [-0.2, 0) is 0 Å². The fourth-order valence-corrected chi connectivity index (χ4v) is 3.20. The van der Waals surface area contributed by atoms with Crippen LogP contribution in [0.5, 0.6) is 0 Å². The number of hydrogen-bond donors (Lipinski definition) is 2. The Morgan fingerprint density at radius 1 is 1.53 bits per heavy atom. The van der Waals surface area contributed by atoms with Gasteiger partial charge in [-0.15, -0.1) is 0 Å². The predicted molar refractivity (Wildman–Crippen MR) is 58.0 cm³/mol. The molecule has 15 heavy (non-hydrogen) atoms. The minimum absolute atomic E-state index is 0.282. The van der Waals surface area contributed by atoms with Crippen molar-refractivity contribution in [1.82, 2.24) is 10.2 Å². The van der Waals surface area contributed by atoms with Crippen LogP contribution in [0.4, 0.5) is 4.79 Å². The molecule has 2 rings (SSSR count). The molecule has 1 aliphatic heterocycles. The number of carbonyl (C=O) groups is 1. The van der Waals surface area contributed by atoms with Gasteiger partial charge < -0.3 is 15.3 Å². The summed E-state index contributed by atoms with van der Waals surface area (Å²) in [6.07, 6.45) is 5.01. The summed E-state index contributed by atoms with van der Waals surface area (Å²) in [5, 5.41) is 12.3. The lowest BCUT2D eigenvalue weighted by molar-refractivity contribution is 0.0793. The Balaban J connectivity index is 2.00. The van der Waals surface area contributed by atoms with E-state index in [0.717, 1.165) is 25.9 Å². The molecule has 0 aromatic rings.